The molecule has 3 aliphatic rings. The summed E-state index contributed by atoms with van der Waals surface area (Å²) in [5.41, 5.74) is 5.48. The van der Waals surface area contributed by atoms with E-state index in [1.54, 1.807) is 12.1 Å². The lowest BCUT2D eigenvalue weighted by Crippen LogP contribution is -2.51. The Labute approximate surface area is 351 Å². The van der Waals surface area contributed by atoms with Crippen LogP contribution in [0.1, 0.15) is 114 Å². The van der Waals surface area contributed by atoms with Crippen molar-refractivity contribution >= 4 is 22.3 Å². The number of hydrogen-bond acceptors (Lipinski definition) is 9. The third-order valence-corrected chi connectivity index (χ3v) is 13.3. The number of piperazine rings is 1. The second-order valence-corrected chi connectivity index (χ2v) is 17.1. The minimum atomic E-state index is -0.200. The van der Waals surface area contributed by atoms with Gasteiger partial charge in [0.2, 0.25) is 5.56 Å². The van der Waals surface area contributed by atoms with Crippen molar-refractivity contribution in [1.29, 1.82) is 0 Å². The SMILES string of the molecule is CC/C=C(/CCNCC(c1ccc(O)c2[nH]c(=O)ccc12)C1CCC1)NCCCCOc1cccc(N(O)c2ccc(C(C)N3CCN(C4CCCCC4)CC3)cc2)c1. The lowest BCUT2D eigenvalue weighted by Gasteiger charge is -2.42. The first-order valence-electron chi connectivity index (χ1n) is 22.7. The fourth-order valence-corrected chi connectivity index (χ4v) is 9.51. The van der Waals surface area contributed by atoms with E-state index in [1.165, 1.54) is 86.3 Å². The molecule has 2 heterocycles. The minimum Gasteiger partial charge on any atom is -0.506 e. The zero-order chi connectivity index (χ0) is 41.0. The summed E-state index contributed by atoms with van der Waals surface area (Å²) in [5.74, 6) is 1.80. The molecule has 1 saturated heterocycles. The monoisotopic (exact) mass is 805 g/mol. The third kappa shape index (κ3) is 11.3. The highest BCUT2D eigenvalue weighted by atomic mass is 16.5. The molecule has 1 aromatic heterocycles. The lowest BCUT2D eigenvalue weighted by atomic mass is 9.72. The Balaban J connectivity index is 0.812. The van der Waals surface area contributed by atoms with Crippen LogP contribution in [0.5, 0.6) is 11.5 Å². The van der Waals surface area contributed by atoms with Crippen molar-refractivity contribution in [2.75, 3.05) is 57.5 Å². The zero-order valence-electron chi connectivity index (χ0n) is 35.5. The number of ether oxygens (including phenoxy) is 1. The van der Waals surface area contributed by atoms with Crippen LogP contribution in [0, 0.1) is 5.92 Å². The molecule has 10 nitrogen and oxygen atoms in total. The Morgan fingerprint density at radius 3 is 2.46 bits per heavy atom. The van der Waals surface area contributed by atoms with Crippen LogP contribution >= 0.6 is 0 Å². The molecule has 318 valence electrons. The first kappa shape index (κ1) is 42.8. The summed E-state index contributed by atoms with van der Waals surface area (Å²) in [7, 11) is 0. The molecule has 59 heavy (non-hydrogen) atoms. The fraction of sp³-hybridized carbons (Fsp3) is 0.531. The molecular formula is C49H68N6O4. The number of fused-ring (bicyclic) bond motifs is 1. The molecule has 10 heteroatoms. The van der Waals surface area contributed by atoms with E-state index in [2.05, 4.69) is 57.5 Å². The molecule has 5 N–H and O–H groups in total. The molecule has 2 aliphatic carbocycles. The number of phenolic OH excluding ortho intramolecular Hbond substituents is 1. The number of aromatic nitrogens is 1. The summed E-state index contributed by atoms with van der Waals surface area (Å²) >= 11 is 0. The summed E-state index contributed by atoms with van der Waals surface area (Å²) in [5, 5.41) is 31.2. The predicted octanol–water partition coefficient (Wildman–Crippen LogP) is 9.38. The fourth-order valence-electron chi connectivity index (χ4n) is 9.51. The average Bonchev–Trinajstić information content (AvgIpc) is 3.25. The Bertz CT molecular complexity index is 2000. The zero-order valence-corrected chi connectivity index (χ0v) is 35.5. The molecule has 1 aliphatic heterocycles. The van der Waals surface area contributed by atoms with Gasteiger partial charge in [-0.3, -0.25) is 19.8 Å². The number of aromatic hydroxyl groups is 1. The number of anilines is 2. The van der Waals surface area contributed by atoms with Crippen LogP contribution in [0.4, 0.5) is 11.4 Å². The number of H-pyrrole nitrogens is 1. The lowest BCUT2D eigenvalue weighted by molar-refractivity contribution is 0.0603. The highest BCUT2D eigenvalue weighted by molar-refractivity contribution is 5.87. The van der Waals surface area contributed by atoms with Crippen LogP contribution in [0.15, 0.2) is 89.4 Å². The Morgan fingerprint density at radius 2 is 1.71 bits per heavy atom. The molecule has 2 unspecified atom stereocenters. The number of nitrogens with one attached hydrogen (secondary N) is 3. The number of pyridine rings is 1. The van der Waals surface area contributed by atoms with Crippen LogP contribution in [-0.2, 0) is 0 Å². The van der Waals surface area contributed by atoms with E-state index < -0.39 is 0 Å². The van der Waals surface area contributed by atoms with Gasteiger partial charge >= 0.3 is 0 Å². The topological polar surface area (TPSA) is 116 Å². The van der Waals surface area contributed by atoms with Gasteiger partial charge in [0, 0.05) is 81.1 Å². The predicted molar refractivity (Wildman–Crippen MR) is 240 cm³/mol. The second kappa shape index (κ2) is 21.3. The van der Waals surface area contributed by atoms with Crippen molar-refractivity contribution in [3.05, 3.63) is 106 Å². The summed E-state index contributed by atoms with van der Waals surface area (Å²) in [4.78, 5) is 20.1. The largest absolute Gasteiger partial charge is 0.506 e. The van der Waals surface area contributed by atoms with Crippen LogP contribution in [0.3, 0.4) is 0 Å². The van der Waals surface area contributed by atoms with Gasteiger partial charge in [-0.25, -0.2) is 5.06 Å². The van der Waals surface area contributed by atoms with Crippen LogP contribution in [-0.4, -0.2) is 83.6 Å². The maximum absolute atomic E-state index is 12.0. The maximum atomic E-state index is 12.0. The molecule has 2 atom stereocenters. The molecule has 0 amide bonds. The Kier molecular flexibility index (Phi) is 15.4. The van der Waals surface area contributed by atoms with E-state index in [-0.39, 0.29) is 11.3 Å². The van der Waals surface area contributed by atoms with E-state index in [1.807, 2.05) is 48.5 Å². The number of allylic oxidation sites excluding steroid dienone is 1. The van der Waals surface area contributed by atoms with E-state index in [4.69, 9.17) is 4.74 Å². The number of nitrogens with zero attached hydrogens (tertiary/aromatic N) is 3. The second-order valence-electron chi connectivity index (χ2n) is 17.1. The van der Waals surface area contributed by atoms with Gasteiger partial charge in [-0.05, 0) is 118 Å². The molecule has 3 aromatic carbocycles. The molecule has 0 spiro atoms. The standard InChI is InChI=1S/C49H68N6O4/c1-3-11-39(26-28-50-35-46(38-12-9-13-38)44-22-24-47(56)49-45(44)23-25-48(57)52-49)51-27-7-8-33-59-43-17-10-16-42(34-43)55(58)41-20-18-37(19-21-41)36(2)53-29-31-54(32-30-53)40-14-5-4-6-15-40/h10-11,16-25,34,36,38,40,46,50-51,56,58H,3-9,12-15,26-33,35H2,1-2H3,(H,52,57)/b39-11-. The number of phenols is 1. The van der Waals surface area contributed by atoms with Gasteiger partial charge in [-0.2, -0.15) is 0 Å². The average molecular weight is 805 g/mol. The highest BCUT2D eigenvalue weighted by Gasteiger charge is 2.30. The van der Waals surface area contributed by atoms with Crippen molar-refractivity contribution < 1.29 is 15.1 Å². The van der Waals surface area contributed by atoms with Gasteiger partial charge in [0.05, 0.1) is 23.5 Å². The number of benzene rings is 3. The van der Waals surface area contributed by atoms with E-state index in [0.29, 0.717) is 35.7 Å². The third-order valence-electron chi connectivity index (χ3n) is 13.3. The van der Waals surface area contributed by atoms with Crippen LogP contribution in [0.2, 0.25) is 0 Å². The smallest absolute Gasteiger partial charge is 0.248 e. The molecule has 0 radical (unpaired) electrons. The molecule has 3 fully saturated rings. The van der Waals surface area contributed by atoms with Crippen molar-refractivity contribution in [1.82, 2.24) is 25.4 Å². The molecule has 4 aromatic rings. The van der Waals surface area contributed by atoms with Crippen molar-refractivity contribution in [3.8, 4) is 11.5 Å². The Hall–Kier alpha value is -4.35. The van der Waals surface area contributed by atoms with Crippen molar-refractivity contribution in [2.24, 2.45) is 5.92 Å². The molecular weight excluding hydrogens is 737 g/mol. The normalized spacial score (nSPS) is 18.4. The van der Waals surface area contributed by atoms with E-state index >= 15 is 0 Å². The number of aromatic amines is 1. The van der Waals surface area contributed by atoms with E-state index in [9.17, 15) is 15.1 Å². The highest BCUT2D eigenvalue weighted by Crippen LogP contribution is 2.42. The number of unbranched alkanes of at least 4 members (excludes halogenated alkanes) is 1. The van der Waals surface area contributed by atoms with Gasteiger partial charge in [0.1, 0.15) is 11.5 Å². The first-order valence-corrected chi connectivity index (χ1v) is 22.7. The quantitative estimate of drug-likeness (QED) is 0.0440. The summed E-state index contributed by atoms with van der Waals surface area (Å²) in [6.45, 7) is 12.3. The summed E-state index contributed by atoms with van der Waals surface area (Å²) in [6, 6.07) is 24.3. The van der Waals surface area contributed by atoms with Crippen LogP contribution in [0.25, 0.3) is 10.9 Å². The summed E-state index contributed by atoms with van der Waals surface area (Å²) in [6.07, 6.45) is 16.7. The van der Waals surface area contributed by atoms with Gasteiger partial charge in [0.15, 0.2) is 0 Å². The molecule has 2 saturated carbocycles. The van der Waals surface area contributed by atoms with Crippen LogP contribution < -0.4 is 26.0 Å². The van der Waals surface area contributed by atoms with Gasteiger partial charge in [0.25, 0.3) is 0 Å². The molecule has 7 rings (SSSR count). The van der Waals surface area contributed by atoms with Crippen molar-refractivity contribution in [3.63, 3.8) is 0 Å². The van der Waals surface area contributed by atoms with Gasteiger partial charge in [-0.1, -0.05) is 62.9 Å². The van der Waals surface area contributed by atoms with E-state index in [0.717, 1.165) is 81.3 Å². The number of rotatable bonds is 20. The molecule has 0 bridgehead atoms. The summed E-state index contributed by atoms with van der Waals surface area (Å²) < 4.78 is 6.13. The van der Waals surface area contributed by atoms with Crippen molar-refractivity contribution in [2.45, 2.75) is 109 Å². The Morgan fingerprint density at radius 1 is 0.915 bits per heavy atom. The van der Waals surface area contributed by atoms with Gasteiger partial charge < -0.3 is 25.5 Å². The minimum absolute atomic E-state index is 0.117. The van der Waals surface area contributed by atoms with Gasteiger partial charge in [-0.15, -0.1) is 0 Å². The maximum Gasteiger partial charge on any atom is 0.248 e. The first-order chi connectivity index (χ1) is 28.9. The number of hydrogen-bond donors (Lipinski definition) is 5.